The van der Waals surface area contributed by atoms with Crippen LogP contribution in [0, 0.1) is 0 Å². The number of nitrogens with one attached hydrogen (secondary N) is 2. The monoisotopic (exact) mass is 373 g/mol. The van der Waals surface area contributed by atoms with Crippen molar-refractivity contribution in [2.24, 2.45) is 0 Å². The van der Waals surface area contributed by atoms with Crippen molar-refractivity contribution in [1.29, 1.82) is 0 Å². The first-order chi connectivity index (χ1) is 13.0. The van der Waals surface area contributed by atoms with E-state index in [1.165, 1.54) is 5.56 Å². The first-order valence-electron chi connectivity index (χ1n) is 9.65. The lowest BCUT2D eigenvalue weighted by Gasteiger charge is -2.32. The van der Waals surface area contributed by atoms with E-state index in [0.717, 1.165) is 38.2 Å². The Bertz CT molecular complexity index is 681. The van der Waals surface area contributed by atoms with Crippen LogP contribution < -0.4 is 10.6 Å². The van der Waals surface area contributed by atoms with Crippen molar-refractivity contribution in [3.63, 3.8) is 0 Å². The number of carbonyl (C=O) groups is 3. The summed E-state index contributed by atoms with van der Waals surface area (Å²) in [5.74, 6) is -0.672. The van der Waals surface area contributed by atoms with E-state index in [1.807, 2.05) is 12.1 Å². The average Bonchev–Trinajstić information content (AvgIpc) is 2.65. The van der Waals surface area contributed by atoms with Gasteiger partial charge in [-0.3, -0.25) is 19.7 Å². The maximum atomic E-state index is 11.8. The highest BCUT2D eigenvalue weighted by molar-refractivity contribution is 6.01. The molecule has 1 atom stereocenters. The fourth-order valence-corrected chi connectivity index (χ4v) is 3.83. The second-order valence-corrected chi connectivity index (χ2v) is 7.38. The largest absolute Gasteiger partial charge is 0.481 e. The molecule has 2 heterocycles. The molecule has 2 aliphatic rings. The van der Waals surface area contributed by atoms with E-state index in [1.54, 1.807) is 0 Å². The highest BCUT2D eigenvalue weighted by Gasteiger charge is 2.26. The minimum absolute atomic E-state index is 0.206. The number of carbonyl (C=O) groups excluding carboxylic acids is 2. The molecule has 0 saturated carbocycles. The van der Waals surface area contributed by atoms with Crippen LogP contribution in [0.3, 0.4) is 0 Å². The van der Waals surface area contributed by atoms with Gasteiger partial charge in [0.05, 0.1) is 0 Å². The van der Waals surface area contributed by atoms with Gasteiger partial charge in [-0.15, -0.1) is 0 Å². The molecule has 7 nitrogen and oxygen atoms in total. The van der Waals surface area contributed by atoms with Crippen molar-refractivity contribution >= 4 is 23.5 Å². The second-order valence-electron chi connectivity index (χ2n) is 7.38. The van der Waals surface area contributed by atoms with Crippen molar-refractivity contribution < 1.29 is 19.5 Å². The number of carboxylic acids is 1. The molecule has 146 valence electrons. The van der Waals surface area contributed by atoms with Crippen LogP contribution in [0.25, 0.3) is 0 Å². The van der Waals surface area contributed by atoms with Crippen LogP contribution in [0.1, 0.15) is 50.0 Å². The van der Waals surface area contributed by atoms with Crippen molar-refractivity contribution in [2.75, 3.05) is 25.0 Å². The lowest BCUT2D eigenvalue weighted by molar-refractivity contribution is -0.137. The summed E-state index contributed by atoms with van der Waals surface area (Å²) in [5, 5.41) is 14.3. The molecule has 3 rings (SSSR count). The Morgan fingerprint density at radius 1 is 1.15 bits per heavy atom. The molecule has 1 aromatic rings. The van der Waals surface area contributed by atoms with Gasteiger partial charge >= 0.3 is 5.97 Å². The lowest BCUT2D eigenvalue weighted by atomic mass is 9.89. The Kier molecular flexibility index (Phi) is 6.45. The molecule has 0 bridgehead atoms. The van der Waals surface area contributed by atoms with E-state index >= 15 is 0 Å². The first kappa shape index (κ1) is 19.4. The molecule has 0 spiro atoms. The number of benzene rings is 1. The van der Waals surface area contributed by atoms with Crippen LogP contribution >= 0.6 is 0 Å². The summed E-state index contributed by atoms with van der Waals surface area (Å²) in [5.41, 5.74) is 2.19. The van der Waals surface area contributed by atoms with E-state index in [-0.39, 0.29) is 24.3 Å². The maximum absolute atomic E-state index is 11.8. The Labute approximate surface area is 159 Å². The zero-order valence-electron chi connectivity index (χ0n) is 15.4. The lowest BCUT2D eigenvalue weighted by Crippen LogP contribution is -2.47. The number of carboxylic acid groups (broad SMARTS) is 1. The van der Waals surface area contributed by atoms with Gasteiger partial charge in [0.2, 0.25) is 11.8 Å². The zero-order valence-corrected chi connectivity index (χ0v) is 15.4. The number of rotatable bonds is 7. The molecule has 7 heteroatoms. The van der Waals surface area contributed by atoms with Crippen LogP contribution in [-0.2, 0) is 14.4 Å². The number of hydrogen-bond donors (Lipinski definition) is 3. The van der Waals surface area contributed by atoms with Crippen molar-refractivity contribution in [3.8, 4) is 0 Å². The molecule has 1 aromatic carbocycles. The summed E-state index contributed by atoms with van der Waals surface area (Å²) in [4.78, 5) is 36.0. The number of hydrogen-bond acceptors (Lipinski definition) is 5. The predicted molar refractivity (Wildman–Crippen MR) is 102 cm³/mol. The van der Waals surface area contributed by atoms with E-state index in [9.17, 15) is 14.4 Å². The molecular weight excluding hydrogens is 346 g/mol. The van der Waals surface area contributed by atoms with E-state index < -0.39 is 5.97 Å². The topological polar surface area (TPSA) is 98.7 Å². The molecule has 3 N–H and O–H groups in total. The number of nitrogens with zero attached hydrogens (tertiary/aromatic N) is 1. The number of aliphatic carboxylic acids is 1. The zero-order chi connectivity index (χ0) is 19.2. The second kappa shape index (κ2) is 8.99. The first-order valence-corrected chi connectivity index (χ1v) is 9.65. The molecule has 0 radical (unpaired) electrons. The summed E-state index contributed by atoms with van der Waals surface area (Å²) in [7, 11) is 0. The Hall–Kier alpha value is -2.41. The Morgan fingerprint density at radius 2 is 1.85 bits per heavy atom. The SMILES string of the molecule is O=C(O)CCCN1CCC(c2ccc(N[C@H]3CCC(=O)NC3=O)cc2)CC1. The number of amides is 2. The number of anilines is 1. The van der Waals surface area contributed by atoms with Gasteiger partial charge in [-0.05, 0) is 68.9 Å². The van der Waals surface area contributed by atoms with Crippen LogP contribution in [0.2, 0.25) is 0 Å². The minimum atomic E-state index is -0.726. The maximum Gasteiger partial charge on any atom is 0.303 e. The average molecular weight is 373 g/mol. The highest BCUT2D eigenvalue weighted by Crippen LogP contribution is 2.29. The normalized spacial score (nSPS) is 21.7. The van der Waals surface area contributed by atoms with Crippen molar-refractivity contribution in [3.05, 3.63) is 29.8 Å². The summed E-state index contributed by atoms with van der Waals surface area (Å²) in [6.07, 6.45) is 3.99. The Balaban J connectivity index is 1.46. The smallest absolute Gasteiger partial charge is 0.303 e. The fraction of sp³-hybridized carbons (Fsp3) is 0.550. The molecule has 2 aliphatic heterocycles. The number of likely N-dealkylation sites (tertiary alicyclic amines) is 1. The van der Waals surface area contributed by atoms with Gasteiger partial charge in [-0.1, -0.05) is 12.1 Å². The molecule has 0 aromatic heterocycles. The van der Waals surface area contributed by atoms with Gasteiger partial charge in [-0.2, -0.15) is 0 Å². The molecule has 27 heavy (non-hydrogen) atoms. The van der Waals surface area contributed by atoms with Gasteiger partial charge in [0.1, 0.15) is 6.04 Å². The summed E-state index contributed by atoms with van der Waals surface area (Å²) >= 11 is 0. The minimum Gasteiger partial charge on any atom is -0.481 e. The standard InChI is InChI=1S/C20H27N3O4/c24-18-8-7-17(20(27)22-18)21-16-5-3-14(4-6-16)15-9-12-23(13-10-15)11-1-2-19(25)26/h3-6,15,17,21H,1-2,7-13H2,(H,25,26)(H,22,24,27)/t17-/m0/s1. The van der Waals surface area contributed by atoms with Crippen molar-refractivity contribution in [2.45, 2.75) is 50.5 Å². The third-order valence-corrected chi connectivity index (χ3v) is 5.41. The predicted octanol–water partition coefficient (Wildman–Crippen LogP) is 1.95. The van der Waals surface area contributed by atoms with Gasteiger partial charge in [-0.25, -0.2) is 0 Å². The van der Waals surface area contributed by atoms with E-state index in [0.29, 0.717) is 25.2 Å². The summed E-state index contributed by atoms with van der Waals surface area (Å²) < 4.78 is 0. The van der Waals surface area contributed by atoms with Crippen molar-refractivity contribution in [1.82, 2.24) is 10.2 Å². The van der Waals surface area contributed by atoms with Gasteiger partial charge in [0.25, 0.3) is 0 Å². The van der Waals surface area contributed by atoms with E-state index in [2.05, 4.69) is 27.7 Å². The van der Waals surface area contributed by atoms with Crippen LogP contribution in [0.15, 0.2) is 24.3 Å². The Morgan fingerprint density at radius 3 is 2.48 bits per heavy atom. The quantitative estimate of drug-likeness (QED) is 0.632. The number of imide groups is 1. The molecule has 2 saturated heterocycles. The van der Waals surface area contributed by atoms with Gasteiger partial charge in [0, 0.05) is 18.5 Å². The fourth-order valence-electron chi connectivity index (χ4n) is 3.83. The molecule has 0 unspecified atom stereocenters. The highest BCUT2D eigenvalue weighted by atomic mass is 16.4. The van der Waals surface area contributed by atoms with Gasteiger partial charge in [0.15, 0.2) is 0 Å². The number of piperidine rings is 2. The summed E-state index contributed by atoms with van der Waals surface area (Å²) in [6, 6.07) is 7.86. The van der Waals surface area contributed by atoms with Gasteiger partial charge < -0.3 is 15.3 Å². The molecular formula is C20H27N3O4. The summed E-state index contributed by atoms with van der Waals surface area (Å²) in [6.45, 7) is 2.86. The van der Waals surface area contributed by atoms with Crippen LogP contribution in [-0.4, -0.2) is 53.5 Å². The molecule has 2 amide bonds. The molecule has 2 fully saturated rings. The van der Waals surface area contributed by atoms with Crippen LogP contribution in [0.4, 0.5) is 5.69 Å². The van der Waals surface area contributed by atoms with Crippen LogP contribution in [0.5, 0.6) is 0 Å². The van der Waals surface area contributed by atoms with E-state index in [4.69, 9.17) is 5.11 Å². The third kappa shape index (κ3) is 5.53. The third-order valence-electron chi connectivity index (χ3n) is 5.41. The molecule has 0 aliphatic carbocycles.